The summed E-state index contributed by atoms with van der Waals surface area (Å²) in [5.41, 5.74) is 0.244. The van der Waals surface area contributed by atoms with Crippen LogP contribution in [0.1, 0.15) is 28.9 Å². The Kier molecular flexibility index (Phi) is 6.54. The number of benzene rings is 1. The second kappa shape index (κ2) is 9.78. The van der Waals surface area contributed by atoms with Gasteiger partial charge < -0.3 is 25.5 Å². The molecule has 12 heteroatoms. The van der Waals surface area contributed by atoms with Gasteiger partial charge in [0.2, 0.25) is 0 Å². The molecular formula is C24H28N8O3S. The number of anilines is 3. The van der Waals surface area contributed by atoms with E-state index in [-0.39, 0.29) is 5.91 Å². The van der Waals surface area contributed by atoms with Crippen LogP contribution in [-0.4, -0.2) is 80.8 Å². The van der Waals surface area contributed by atoms with Gasteiger partial charge in [-0.05, 0) is 62.8 Å². The van der Waals surface area contributed by atoms with Crippen LogP contribution < -0.4 is 15.5 Å². The van der Waals surface area contributed by atoms with Crippen LogP contribution in [0.4, 0.5) is 17.5 Å². The number of amides is 1. The number of aromatic nitrogens is 4. The normalized spacial score (nSPS) is 17.0. The number of rotatable bonds is 8. The van der Waals surface area contributed by atoms with E-state index in [0.717, 1.165) is 42.6 Å². The summed E-state index contributed by atoms with van der Waals surface area (Å²) in [4.78, 5) is 38.8. The van der Waals surface area contributed by atoms with Crippen molar-refractivity contribution < 1.29 is 14.7 Å². The van der Waals surface area contributed by atoms with Gasteiger partial charge >= 0.3 is 5.97 Å². The highest BCUT2D eigenvalue weighted by Gasteiger charge is 2.51. The molecular weight excluding hydrogens is 480 g/mol. The first kappa shape index (κ1) is 24.1. The molecule has 11 nitrogen and oxygen atoms in total. The lowest BCUT2D eigenvalue weighted by atomic mass is 10.2. The predicted octanol–water partition coefficient (Wildman–Crippen LogP) is 2.50. The van der Waals surface area contributed by atoms with E-state index in [0.29, 0.717) is 35.2 Å². The molecule has 1 saturated carbocycles. The van der Waals surface area contributed by atoms with Crippen LogP contribution in [0.2, 0.25) is 0 Å². The molecule has 1 aromatic carbocycles. The number of carboxylic acids is 1. The number of aryl methyl sites for hydroxylation is 1. The second-order valence-corrected chi connectivity index (χ2v) is 10.3. The average molecular weight is 509 g/mol. The molecule has 4 N–H and O–H groups in total. The largest absolute Gasteiger partial charge is 0.480 e. The van der Waals surface area contributed by atoms with Crippen LogP contribution in [-0.2, 0) is 4.79 Å². The minimum absolute atomic E-state index is 0.388. The summed E-state index contributed by atoms with van der Waals surface area (Å²) in [5, 5.41) is 22.9. The zero-order valence-corrected chi connectivity index (χ0v) is 20.9. The summed E-state index contributed by atoms with van der Waals surface area (Å²) < 4.78 is 0. The van der Waals surface area contributed by atoms with Crippen molar-refractivity contribution in [3.63, 3.8) is 0 Å². The quantitative estimate of drug-likeness (QED) is 0.336. The van der Waals surface area contributed by atoms with Gasteiger partial charge in [0, 0.05) is 54.5 Å². The van der Waals surface area contributed by atoms with Crippen molar-refractivity contribution in [3.8, 4) is 0 Å². The van der Waals surface area contributed by atoms with Gasteiger partial charge in [-0.2, -0.15) is 5.10 Å². The Hall–Kier alpha value is -3.64. The van der Waals surface area contributed by atoms with Crippen molar-refractivity contribution in [3.05, 3.63) is 47.7 Å². The van der Waals surface area contributed by atoms with Crippen molar-refractivity contribution in [2.24, 2.45) is 0 Å². The smallest absolute Gasteiger partial charge is 0.329 e. The molecule has 0 spiro atoms. The first-order chi connectivity index (χ1) is 17.3. The number of carbonyl (C=O) groups is 2. The molecule has 1 aliphatic heterocycles. The highest BCUT2D eigenvalue weighted by Crippen LogP contribution is 2.36. The number of H-pyrrole nitrogens is 1. The number of hydrogen-bond acceptors (Lipinski definition) is 9. The van der Waals surface area contributed by atoms with Gasteiger partial charge in [0.1, 0.15) is 17.2 Å². The fraction of sp³-hybridized carbons (Fsp3) is 0.375. The standard InChI is InChI=1S/C24H28N8O3S/c1-15-13-19(30-29-15)25-18-14-20(32-11-9-31(2)10-12-32)27-23(26-18)36-17-5-3-16(4-6-17)21(33)28-24(7-8-24)22(34)35/h3-6,13-14H,7-12H2,1-2H3,(H,28,33)(H,34,35)(H2,25,26,27,29,30). The Balaban J connectivity index is 1.34. The number of aliphatic carboxylic acids is 1. The summed E-state index contributed by atoms with van der Waals surface area (Å²) in [5.74, 6) is 0.786. The lowest BCUT2D eigenvalue weighted by Crippen LogP contribution is -2.44. The molecule has 0 bridgehead atoms. The van der Waals surface area contributed by atoms with E-state index in [2.05, 4.69) is 42.7 Å². The van der Waals surface area contributed by atoms with E-state index < -0.39 is 11.5 Å². The monoisotopic (exact) mass is 508 g/mol. The minimum atomic E-state index is -1.11. The summed E-state index contributed by atoms with van der Waals surface area (Å²) in [6.07, 6.45) is 0.911. The molecule has 2 aliphatic rings. The van der Waals surface area contributed by atoms with Gasteiger partial charge in [-0.25, -0.2) is 14.8 Å². The number of carboxylic acid groups (broad SMARTS) is 1. The number of aromatic amines is 1. The van der Waals surface area contributed by atoms with E-state index in [1.54, 1.807) is 12.1 Å². The van der Waals surface area contributed by atoms with Crippen molar-refractivity contribution in [2.75, 3.05) is 43.4 Å². The van der Waals surface area contributed by atoms with Crippen LogP contribution in [0, 0.1) is 6.92 Å². The third-order valence-corrected chi connectivity index (χ3v) is 7.19. The molecule has 0 atom stereocenters. The van der Waals surface area contributed by atoms with Crippen LogP contribution in [0.3, 0.4) is 0 Å². The maximum Gasteiger partial charge on any atom is 0.329 e. The number of nitrogens with one attached hydrogen (secondary N) is 3. The van der Waals surface area contributed by atoms with Crippen LogP contribution in [0.25, 0.3) is 0 Å². The summed E-state index contributed by atoms with van der Waals surface area (Å²) in [6, 6.07) is 10.8. The Morgan fingerprint density at radius 1 is 1.06 bits per heavy atom. The summed E-state index contributed by atoms with van der Waals surface area (Å²) in [6.45, 7) is 5.60. The highest BCUT2D eigenvalue weighted by atomic mass is 32.2. The average Bonchev–Trinajstić information content (AvgIpc) is 3.53. The highest BCUT2D eigenvalue weighted by molar-refractivity contribution is 7.99. The van der Waals surface area contributed by atoms with E-state index in [1.807, 2.05) is 31.2 Å². The summed E-state index contributed by atoms with van der Waals surface area (Å²) >= 11 is 1.39. The molecule has 1 aliphatic carbocycles. The number of piperazine rings is 1. The van der Waals surface area contributed by atoms with Crippen LogP contribution in [0.15, 0.2) is 46.5 Å². The number of likely N-dealkylation sites (N-methyl/N-ethyl adjacent to an activating group) is 1. The maximum absolute atomic E-state index is 12.5. The Labute approximate surface area is 212 Å². The van der Waals surface area contributed by atoms with Crippen molar-refractivity contribution >= 4 is 41.1 Å². The van der Waals surface area contributed by atoms with Gasteiger partial charge in [-0.15, -0.1) is 0 Å². The molecule has 3 aromatic rings. The van der Waals surface area contributed by atoms with Crippen LogP contribution >= 0.6 is 11.8 Å². The third kappa shape index (κ3) is 5.44. The van der Waals surface area contributed by atoms with E-state index in [4.69, 9.17) is 4.98 Å². The van der Waals surface area contributed by atoms with Crippen molar-refractivity contribution in [2.45, 2.75) is 35.4 Å². The number of nitrogens with zero attached hydrogens (tertiary/aromatic N) is 5. The Morgan fingerprint density at radius 2 is 1.78 bits per heavy atom. The molecule has 1 saturated heterocycles. The SMILES string of the molecule is Cc1cc(Nc2cc(N3CCN(C)CC3)nc(Sc3ccc(C(=O)NC4(C(=O)O)CC4)cc3)n2)n[nH]1. The minimum Gasteiger partial charge on any atom is -0.480 e. The maximum atomic E-state index is 12.5. The zero-order chi connectivity index (χ0) is 25.3. The van der Waals surface area contributed by atoms with Gasteiger partial charge in [0.05, 0.1) is 0 Å². The second-order valence-electron chi connectivity index (χ2n) is 9.21. The molecule has 3 heterocycles. The lowest BCUT2D eigenvalue weighted by molar-refractivity contribution is -0.140. The first-order valence-corrected chi connectivity index (χ1v) is 12.6. The Bertz CT molecular complexity index is 1270. The fourth-order valence-electron chi connectivity index (χ4n) is 3.92. The molecule has 0 unspecified atom stereocenters. The third-order valence-electron chi connectivity index (χ3n) is 6.32. The molecule has 0 radical (unpaired) electrons. The van der Waals surface area contributed by atoms with Gasteiger partial charge in [-0.1, -0.05) is 0 Å². The van der Waals surface area contributed by atoms with Crippen molar-refractivity contribution in [1.29, 1.82) is 0 Å². The van der Waals surface area contributed by atoms with E-state index >= 15 is 0 Å². The molecule has 2 aromatic heterocycles. The number of carbonyl (C=O) groups excluding carboxylic acids is 1. The summed E-state index contributed by atoms with van der Waals surface area (Å²) in [7, 11) is 2.11. The predicted molar refractivity (Wildman–Crippen MR) is 136 cm³/mol. The molecule has 36 heavy (non-hydrogen) atoms. The first-order valence-electron chi connectivity index (χ1n) is 11.8. The van der Waals surface area contributed by atoms with E-state index in [1.165, 1.54) is 11.8 Å². The molecule has 188 valence electrons. The Morgan fingerprint density at radius 3 is 2.39 bits per heavy atom. The lowest BCUT2D eigenvalue weighted by Gasteiger charge is -2.33. The topological polar surface area (TPSA) is 139 Å². The van der Waals surface area contributed by atoms with Gasteiger partial charge in [0.25, 0.3) is 5.91 Å². The molecule has 5 rings (SSSR count). The van der Waals surface area contributed by atoms with Crippen LogP contribution in [0.5, 0.6) is 0 Å². The fourth-order valence-corrected chi connectivity index (χ4v) is 4.69. The van der Waals surface area contributed by atoms with Crippen molar-refractivity contribution in [1.82, 2.24) is 30.4 Å². The molecule has 2 fully saturated rings. The molecule has 1 amide bonds. The van der Waals surface area contributed by atoms with E-state index in [9.17, 15) is 14.7 Å². The zero-order valence-electron chi connectivity index (χ0n) is 20.1. The van der Waals surface area contributed by atoms with Gasteiger partial charge in [0.15, 0.2) is 11.0 Å². The van der Waals surface area contributed by atoms with Gasteiger partial charge in [-0.3, -0.25) is 9.89 Å². The number of hydrogen-bond donors (Lipinski definition) is 4.